The van der Waals surface area contributed by atoms with Crippen molar-refractivity contribution in [3.05, 3.63) is 34.2 Å². The highest BCUT2D eigenvalue weighted by Crippen LogP contribution is 2.24. The molecule has 160 valence electrons. The molecule has 0 bridgehead atoms. The van der Waals surface area contributed by atoms with Gasteiger partial charge in [-0.25, -0.2) is 4.79 Å². The summed E-state index contributed by atoms with van der Waals surface area (Å²) in [5.41, 5.74) is 1.69. The number of piperidine rings is 1. The van der Waals surface area contributed by atoms with Crippen molar-refractivity contribution in [3.63, 3.8) is 0 Å². The third-order valence-electron chi connectivity index (χ3n) is 5.41. The number of hydrogen-bond donors (Lipinski definition) is 2. The Morgan fingerprint density at radius 2 is 2.13 bits per heavy atom. The third-order valence-corrected chi connectivity index (χ3v) is 5.41. The molecule has 3 rings (SSSR count). The Hall–Kier alpha value is -2.89. The molecule has 1 fully saturated rings. The second kappa shape index (κ2) is 9.74. The Kier molecular flexibility index (Phi) is 7.08. The highest BCUT2D eigenvalue weighted by atomic mass is 16.5. The maximum absolute atomic E-state index is 12.9. The second-order valence-corrected chi connectivity index (χ2v) is 7.39. The molecule has 8 nitrogen and oxygen atoms in total. The maximum Gasteiger partial charge on any atom is 0.329 e. The molecule has 1 saturated heterocycles. The van der Waals surface area contributed by atoms with Crippen LogP contribution >= 0.6 is 0 Å². The smallest absolute Gasteiger partial charge is 0.329 e. The van der Waals surface area contributed by atoms with Crippen LogP contribution in [0.1, 0.15) is 44.2 Å². The van der Waals surface area contributed by atoms with E-state index in [2.05, 4.69) is 29.4 Å². The summed E-state index contributed by atoms with van der Waals surface area (Å²) >= 11 is 0. The summed E-state index contributed by atoms with van der Waals surface area (Å²) in [7, 11) is 3.58. The van der Waals surface area contributed by atoms with Crippen LogP contribution in [0.15, 0.2) is 23.0 Å². The molecule has 2 atom stereocenters. The van der Waals surface area contributed by atoms with Gasteiger partial charge in [0.25, 0.3) is 0 Å². The molecular weight excluding hydrogens is 384 g/mol. The summed E-state index contributed by atoms with van der Waals surface area (Å²) in [6, 6.07) is 4.76. The summed E-state index contributed by atoms with van der Waals surface area (Å²) < 4.78 is 8.80. The number of nitrogens with one attached hydrogen (secondary N) is 2. The van der Waals surface area contributed by atoms with Crippen molar-refractivity contribution >= 4 is 22.8 Å². The van der Waals surface area contributed by atoms with Crippen molar-refractivity contribution in [2.45, 2.75) is 44.8 Å². The molecule has 1 aromatic heterocycles. The molecular formula is C22H28N4O4. The van der Waals surface area contributed by atoms with Gasteiger partial charge in [-0.15, -0.1) is 0 Å². The van der Waals surface area contributed by atoms with E-state index < -0.39 is 11.9 Å². The number of benzene rings is 1. The van der Waals surface area contributed by atoms with E-state index >= 15 is 0 Å². The lowest BCUT2D eigenvalue weighted by atomic mass is 10.1. The lowest BCUT2D eigenvalue weighted by molar-refractivity contribution is -0.135. The molecule has 2 N–H and O–H groups in total. The van der Waals surface area contributed by atoms with Gasteiger partial charge < -0.3 is 10.1 Å². The zero-order chi connectivity index (χ0) is 21.7. The van der Waals surface area contributed by atoms with Crippen molar-refractivity contribution in [2.24, 2.45) is 7.05 Å². The topological polar surface area (TPSA) is 94.4 Å². The summed E-state index contributed by atoms with van der Waals surface area (Å²) in [4.78, 5) is 36.7. The predicted molar refractivity (Wildman–Crippen MR) is 114 cm³/mol. The predicted octanol–water partition coefficient (Wildman–Crippen LogP) is 1.07. The van der Waals surface area contributed by atoms with Crippen molar-refractivity contribution in [3.8, 4) is 11.8 Å². The lowest BCUT2D eigenvalue weighted by Crippen LogP contribution is -2.44. The summed E-state index contributed by atoms with van der Waals surface area (Å²) in [6.45, 7) is 3.28. The Morgan fingerprint density at radius 1 is 1.33 bits per heavy atom. The number of nitrogens with zero attached hydrogens (tertiary/aromatic N) is 2. The molecule has 1 aliphatic heterocycles. The highest BCUT2D eigenvalue weighted by Gasteiger charge is 2.31. The Labute approximate surface area is 175 Å². The second-order valence-electron chi connectivity index (χ2n) is 7.39. The molecule has 8 heteroatoms. The first-order valence-electron chi connectivity index (χ1n) is 10.3. The first-order valence-corrected chi connectivity index (χ1v) is 10.3. The van der Waals surface area contributed by atoms with E-state index in [0.717, 1.165) is 19.4 Å². The number of imide groups is 1. The van der Waals surface area contributed by atoms with Gasteiger partial charge in [-0.05, 0) is 45.0 Å². The maximum atomic E-state index is 12.9. The Balaban J connectivity index is 1.88. The fourth-order valence-corrected chi connectivity index (χ4v) is 3.77. The number of hydrogen-bond acceptors (Lipinski definition) is 5. The molecule has 1 aromatic carbocycles. The Bertz CT molecular complexity index is 1060. The quantitative estimate of drug-likeness (QED) is 0.524. The number of aromatic nitrogens is 2. The van der Waals surface area contributed by atoms with Crippen LogP contribution in [0, 0.1) is 11.8 Å². The van der Waals surface area contributed by atoms with E-state index in [1.165, 1.54) is 9.13 Å². The van der Waals surface area contributed by atoms with E-state index in [-0.39, 0.29) is 24.1 Å². The Morgan fingerprint density at radius 3 is 2.83 bits per heavy atom. The zero-order valence-corrected chi connectivity index (χ0v) is 17.7. The van der Waals surface area contributed by atoms with Crippen LogP contribution in [0.5, 0.6) is 0 Å². The number of para-hydroxylation sites is 1. The number of carbonyl (C=O) groups is 2. The number of amides is 2. The number of rotatable bonds is 7. The molecule has 2 unspecified atom stereocenters. The van der Waals surface area contributed by atoms with Crippen LogP contribution in [0.2, 0.25) is 0 Å². The average molecular weight is 412 g/mol. The van der Waals surface area contributed by atoms with Crippen LogP contribution < -0.4 is 16.3 Å². The van der Waals surface area contributed by atoms with Gasteiger partial charge in [0.2, 0.25) is 11.8 Å². The number of fused-ring (bicyclic) bond motifs is 1. The van der Waals surface area contributed by atoms with Crippen molar-refractivity contribution < 1.29 is 14.3 Å². The van der Waals surface area contributed by atoms with Crippen LogP contribution in [0.3, 0.4) is 0 Å². The van der Waals surface area contributed by atoms with Gasteiger partial charge >= 0.3 is 5.69 Å². The van der Waals surface area contributed by atoms with E-state index in [0.29, 0.717) is 29.6 Å². The average Bonchev–Trinajstić information content (AvgIpc) is 2.99. The van der Waals surface area contributed by atoms with Crippen molar-refractivity contribution in [1.29, 1.82) is 0 Å². The first-order chi connectivity index (χ1) is 14.5. The summed E-state index contributed by atoms with van der Waals surface area (Å²) in [5, 5.41) is 5.44. The normalized spacial score (nSPS) is 17.5. The molecule has 1 aliphatic rings. The van der Waals surface area contributed by atoms with Gasteiger partial charge in [0.05, 0.1) is 22.7 Å². The van der Waals surface area contributed by atoms with E-state index in [4.69, 9.17) is 4.74 Å². The van der Waals surface area contributed by atoms with Crippen molar-refractivity contribution in [1.82, 2.24) is 19.8 Å². The van der Waals surface area contributed by atoms with Crippen LogP contribution in [0.25, 0.3) is 11.0 Å². The standard InChI is InChI=1S/C22H28N4O4/c1-4-16(12-13-23-2)30-14-6-8-15-7-5-9-17-20(15)25(3)22(29)26(17)18-10-11-19(27)24-21(18)28/h5,7,9,16,18,23H,4,10-14H2,1-3H3,(H,24,27,28). The molecule has 0 spiro atoms. The highest BCUT2D eigenvalue weighted by molar-refractivity contribution is 6.00. The van der Waals surface area contributed by atoms with E-state index in [1.54, 1.807) is 13.1 Å². The number of aryl methyl sites for hydroxylation is 1. The van der Waals surface area contributed by atoms with Crippen LogP contribution in [-0.4, -0.2) is 47.3 Å². The molecule has 0 saturated carbocycles. The number of carbonyl (C=O) groups excluding carboxylic acids is 2. The molecule has 2 heterocycles. The van der Waals surface area contributed by atoms with Crippen LogP contribution in [-0.2, 0) is 21.4 Å². The van der Waals surface area contributed by atoms with Gasteiger partial charge in [-0.2, -0.15) is 0 Å². The molecule has 0 aliphatic carbocycles. The largest absolute Gasteiger partial charge is 0.366 e. The van der Waals surface area contributed by atoms with E-state index in [9.17, 15) is 14.4 Å². The minimum Gasteiger partial charge on any atom is -0.366 e. The monoisotopic (exact) mass is 412 g/mol. The van der Waals surface area contributed by atoms with Gasteiger partial charge in [-0.1, -0.05) is 24.8 Å². The minimum atomic E-state index is -0.706. The summed E-state index contributed by atoms with van der Waals surface area (Å²) in [5.74, 6) is 5.40. The number of imidazole rings is 1. The van der Waals surface area contributed by atoms with Crippen molar-refractivity contribution in [2.75, 3.05) is 20.2 Å². The lowest BCUT2D eigenvalue weighted by Gasteiger charge is -2.21. The SMILES string of the molecule is CCC(CCNC)OCC#Cc1cccc2c1n(C)c(=O)n2C1CCC(=O)NC1=O. The van der Waals surface area contributed by atoms with Crippen LogP contribution in [0.4, 0.5) is 0 Å². The number of ether oxygens (including phenoxy) is 1. The minimum absolute atomic E-state index is 0.153. The van der Waals surface area contributed by atoms with Gasteiger partial charge in [0, 0.05) is 13.5 Å². The van der Waals surface area contributed by atoms with Gasteiger partial charge in [-0.3, -0.25) is 24.0 Å². The molecule has 2 amide bonds. The molecule has 2 aromatic rings. The summed E-state index contributed by atoms with van der Waals surface area (Å²) in [6.07, 6.45) is 2.51. The fourth-order valence-electron chi connectivity index (χ4n) is 3.77. The first kappa shape index (κ1) is 21.8. The molecule has 0 radical (unpaired) electrons. The zero-order valence-electron chi connectivity index (χ0n) is 17.7. The van der Waals surface area contributed by atoms with Gasteiger partial charge in [0.15, 0.2) is 0 Å². The molecule has 30 heavy (non-hydrogen) atoms. The fraction of sp³-hybridized carbons (Fsp3) is 0.500. The third kappa shape index (κ3) is 4.48. The van der Waals surface area contributed by atoms with Gasteiger partial charge in [0.1, 0.15) is 12.6 Å². The van der Waals surface area contributed by atoms with E-state index in [1.807, 2.05) is 19.2 Å².